The maximum atomic E-state index is 14.3. The van der Waals surface area contributed by atoms with E-state index in [-0.39, 0.29) is 25.5 Å². The number of carbonyl (C=O) groups excluding carboxylic acids is 2. The first kappa shape index (κ1) is 27.8. The van der Waals surface area contributed by atoms with Gasteiger partial charge in [-0.25, -0.2) is 4.79 Å². The van der Waals surface area contributed by atoms with Gasteiger partial charge in [-0.3, -0.25) is 4.79 Å². The molecule has 4 aromatic carbocycles. The van der Waals surface area contributed by atoms with E-state index in [1.54, 1.807) is 31.1 Å². The van der Waals surface area contributed by atoms with E-state index < -0.39 is 18.1 Å². The van der Waals surface area contributed by atoms with Gasteiger partial charge in [-0.15, -0.1) is 0 Å². The third-order valence-electron chi connectivity index (χ3n) is 7.05. The molecule has 0 saturated carbocycles. The number of benzene rings is 4. The number of methoxy groups -OCH3 is 1. The highest BCUT2D eigenvalue weighted by Crippen LogP contribution is 2.40. The van der Waals surface area contributed by atoms with Crippen molar-refractivity contribution in [3.05, 3.63) is 125 Å². The fraction of sp³-hybridized carbons (Fsp3) is 0.235. The standard InChI is InChI=1S/C34H33NO6/c1-3-39-34(37)29-21-28-26(19-20-30(38-2)32(28)40-23-24-13-7-4-8-14-24)22-35(29)33(36)31(25-15-9-5-10-16-25)41-27-17-11-6-12-18-27/h4-20,29,31H,3,21-23H2,1-2H3. The molecule has 0 N–H and O–H groups in total. The van der Waals surface area contributed by atoms with Crippen LogP contribution in [0.3, 0.4) is 0 Å². The maximum absolute atomic E-state index is 14.3. The van der Waals surface area contributed by atoms with E-state index in [2.05, 4.69) is 0 Å². The van der Waals surface area contributed by atoms with Gasteiger partial charge in [0.25, 0.3) is 5.91 Å². The lowest BCUT2D eigenvalue weighted by Gasteiger charge is -2.38. The van der Waals surface area contributed by atoms with Crippen LogP contribution >= 0.6 is 0 Å². The molecule has 1 aliphatic rings. The highest BCUT2D eigenvalue weighted by Gasteiger charge is 2.41. The van der Waals surface area contributed by atoms with Crippen molar-refractivity contribution in [3.63, 3.8) is 0 Å². The molecule has 1 heterocycles. The third-order valence-corrected chi connectivity index (χ3v) is 7.05. The second-order valence-corrected chi connectivity index (χ2v) is 9.67. The van der Waals surface area contributed by atoms with Crippen LogP contribution in [0.2, 0.25) is 0 Å². The maximum Gasteiger partial charge on any atom is 0.329 e. The Morgan fingerprint density at radius 3 is 2.20 bits per heavy atom. The summed E-state index contributed by atoms with van der Waals surface area (Å²) in [5, 5.41) is 0. The SMILES string of the molecule is CCOC(=O)C1Cc2c(ccc(OC)c2OCc2ccccc2)CN1C(=O)C(Oc1ccccc1)c1ccccc1. The van der Waals surface area contributed by atoms with Crippen LogP contribution in [-0.2, 0) is 33.9 Å². The molecule has 2 atom stereocenters. The molecular weight excluding hydrogens is 518 g/mol. The van der Waals surface area contributed by atoms with Crippen LogP contribution in [0.1, 0.15) is 35.3 Å². The van der Waals surface area contributed by atoms with E-state index in [0.29, 0.717) is 29.4 Å². The molecule has 210 valence electrons. The number of para-hydroxylation sites is 1. The molecule has 2 unspecified atom stereocenters. The van der Waals surface area contributed by atoms with Crippen LogP contribution in [0, 0.1) is 0 Å². The van der Waals surface area contributed by atoms with Gasteiger partial charge >= 0.3 is 5.97 Å². The van der Waals surface area contributed by atoms with Crippen LogP contribution in [-0.4, -0.2) is 36.5 Å². The zero-order valence-electron chi connectivity index (χ0n) is 23.2. The Morgan fingerprint density at radius 2 is 1.54 bits per heavy atom. The molecule has 0 aliphatic carbocycles. The van der Waals surface area contributed by atoms with Gasteiger partial charge in [0.15, 0.2) is 11.5 Å². The lowest BCUT2D eigenvalue weighted by atomic mass is 9.91. The van der Waals surface area contributed by atoms with Crippen LogP contribution in [0.5, 0.6) is 17.2 Å². The summed E-state index contributed by atoms with van der Waals surface area (Å²) in [5.74, 6) is 0.884. The molecule has 0 radical (unpaired) electrons. The molecule has 1 amide bonds. The van der Waals surface area contributed by atoms with Gasteiger partial charge in [0.05, 0.1) is 13.7 Å². The average molecular weight is 552 g/mol. The molecule has 41 heavy (non-hydrogen) atoms. The topological polar surface area (TPSA) is 74.3 Å². The number of esters is 1. The highest BCUT2D eigenvalue weighted by atomic mass is 16.5. The Kier molecular flexibility index (Phi) is 8.84. The number of fused-ring (bicyclic) bond motifs is 1. The first-order valence-electron chi connectivity index (χ1n) is 13.7. The molecule has 7 heteroatoms. The van der Waals surface area contributed by atoms with E-state index in [9.17, 15) is 9.59 Å². The van der Waals surface area contributed by atoms with Crippen LogP contribution in [0.4, 0.5) is 0 Å². The summed E-state index contributed by atoms with van der Waals surface area (Å²) in [6.45, 7) is 2.47. The molecule has 7 nitrogen and oxygen atoms in total. The number of hydrogen-bond acceptors (Lipinski definition) is 6. The summed E-state index contributed by atoms with van der Waals surface area (Å²) in [6, 6.07) is 31.2. The van der Waals surface area contributed by atoms with Crippen LogP contribution < -0.4 is 14.2 Å². The predicted molar refractivity (Wildman–Crippen MR) is 155 cm³/mol. The first-order chi connectivity index (χ1) is 20.1. The minimum absolute atomic E-state index is 0.185. The summed E-state index contributed by atoms with van der Waals surface area (Å²) in [7, 11) is 1.59. The minimum atomic E-state index is -0.955. The average Bonchev–Trinajstić information content (AvgIpc) is 3.03. The fourth-order valence-electron chi connectivity index (χ4n) is 5.02. The van der Waals surface area contributed by atoms with Gasteiger partial charge in [0, 0.05) is 24.1 Å². The minimum Gasteiger partial charge on any atom is -0.493 e. The van der Waals surface area contributed by atoms with Crippen LogP contribution in [0.25, 0.3) is 0 Å². The molecule has 4 aromatic rings. The lowest BCUT2D eigenvalue weighted by Crippen LogP contribution is -2.51. The van der Waals surface area contributed by atoms with Crippen molar-refractivity contribution in [2.75, 3.05) is 13.7 Å². The van der Waals surface area contributed by atoms with E-state index >= 15 is 0 Å². The second kappa shape index (κ2) is 13.0. The van der Waals surface area contributed by atoms with E-state index in [4.69, 9.17) is 18.9 Å². The van der Waals surface area contributed by atoms with Crippen molar-refractivity contribution < 1.29 is 28.5 Å². The number of rotatable bonds is 10. The molecule has 0 bridgehead atoms. The van der Waals surface area contributed by atoms with Crippen molar-refractivity contribution in [2.24, 2.45) is 0 Å². The molecule has 0 fully saturated rings. The summed E-state index contributed by atoms with van der Waals surface area (Å²) in [5.41, 5.74) is 3.39. The fourth-order valence-corrected chi connectivity index (χ4v) is 5.02. The van der Waals surface area contributed by atoms with E-state index in [0.717, 1.165) is 16.7 Å². The van der Waals surface area contributed by atoms with E-state index in [1.165, 1.54) is 0 Å². The number of ether oxygens (including phenoxy) is 4. The monoisotopic (exact) mass is 551 g/mol. The van der Waals surface area contributed by atoms with Gasteiger partial charge in [-0.2, -0.15) is 0 Å². The Balaban J connectivity index is 1.51. The van der Waals surface area contributed by atoms with Crippen molar-refractivity contribution in [3.8, 4) is 17.2 Å². The predicted octanol–water partition coefficient (Wildman–Crippen LogP) is 5.91. The molecule has 0 aromatic heterocycles. The molecule has 1 aliphatic heterocycles. The number of carbonyl (C=O) groups is 2. The Hall–Kier alpha value is -4.78. The largest absolute Gasteiger partial charge is 0.493 e. The smallest absolute Gasteiger partial charge is 0.329 e. The molecule has 0 saturated heterocycles. The van der Waals surface area contributed by atoms with Gasteiger partial charge in [0.1, 0.15) is 18.4 Å². The second-order valence-electron chi connectivity index (χ2n) is 9.67. The number of nitrogens with zero attached hydrogens (tertiary/aromatic N) is 1. The number of hydrogen-bond donors (Lipinski definition) is 0. The van der Waals surface area contributed by atoms with Gasteiger partial charge in [0.2, 0.25) is 6.10 Å². The Labute approximate surface area is 240 Å². The van der Waals surface area contributed by atoms with E-state index in [1.807, 2.05) is 91.0 Å². The molecular formula is C34H33NO6. The number of amides is 1. The first-order valence-corrected chi connectivity index (χ1v) is 13.7. The summed E-state index contributed by atoms with van der Waals surface area (Å²) < 4.78 is 23.6. The summed E-state index contributed by atoms with van der Waals surface area (Å²) in [4.78, 5) is 29.2. The highest BCUT2D eigenvalue weighted by molar-refractivity contribution is 5.89. The normalized spacial score (nSPS) is 14.9. The third kappa shape index (κ3) is 6.35. The van der Waals surface area contributed by atoms with Crippen molar-refractivity contribution >= 4 is 11.9 Å². The summed E-state index contributed by atoms with van der Waals surface area (Å²) >= 11 is 0. The van der Waals surface area contributed by atoms with Crippen molar-refractivity contribution in [1.29, 1.82) is 0 Å². The Morgan fingerprint density at radius 1 is 0.878 bits per heavy atom. The van der Waals surface area contributed by atoms with Gasteiger partial charge in [-0.05, 0) is 36.2 Å². The molecule has 0 spiro atoms. The zero-order valence-corrected chi connectivity index (χ0v) is 23.2. The molecule has 5 rings (SSSR count). The van der Waals surface area contributed by atoms with Crippen molar-refractivity contribution in [2.45, 2.75) is 38.6 Å². The lowest BCUT2D eigenvalue weighted by molar-refractivity contribution is -0.158. The van der Waals surface area contributed by atoms with Crippen molar-refractivity contribution in [1.82, 2.24) is 4.90 Å². The quantitative estimate of drug-likeness (QED) is 0.228. The summed E-state index contributed by atoms with van der Waals surface area (Å²) in [6.07, 6.45) is -0.738. The Bertz CT molecular complexity index is 1460. The van der Waals surface area contributed by atoms with Gasteiger partial charge in [-0.1, -0.05) is 84.9 Å². The zero-order chi connectivity index (χ0) is 28.6. The van der Waals surface area contributed by atoms with Gasteiger partial charge < -0.3 is 23.8 Å². The van der Waals surface area contributed by atoms with Crippen LogP contribution in [0.15, 0.2) is 103 Å².